The van der Waals surface area contributed by atoms with Gasteiger partial charge in [-0.2, -0.15) is 0 Å². The van der Waals surface area contributed by atoms with Crippen molar-refractivity contribution in [3.05, 3.63) is 35.4 Å². The second kappa shape index (κ2) is 5.29. The zero-order valence-corrected chi connectivity index (χ0v) is 12.3. The Bertz CT molecular complexity index is 499. The van der Waals surface area contributed by atoms with Crippen molar-refractivity contribution in [2.24, 2.45) is 0 Å². The fraction of sp³-hybridized carbons (Fsp3) is 0.571. The third-order valence-corrected chi connectivity index (χ3v) is 5.17. The molecular formula is C14H19F2NOS. The van der Waals surface area contributed by atoms with E-state index in [-0.39, 0.29) is 6.04 Å². The summed E-state index contributed by atoms with van der Waals surface area (Å²) in [5.41, 5.74) is 0.315. The average Bonchev–Trinajstić information content (AvgIpc) is 2.78. The predicted molar refractivity (Wildman–Crippen MR) is 72.9 cm³/mol. The standard InChI is InChI=1S/C14H19F2NOS/c1-14(2,3)19(18)17-8-4-5-13(17)11-9-10(15)6-7-12(11)16/h6-7,9,13H,4-5,8H2,1-3H3/t13?,19-/m0/s1. The zero-order valence-electron chi connectivity index (χ0n) is 11.5. The smallest absolute Gasteiger partial charge is 0.128 e. The van der Waals surface area contributed by atoms with Gasteiger partial charge >= 0.3 is 0 Å². The highest BCUT2D eigenvalue weighted by atomic mass is 32.2. The Morgan fingerprint density at radius 2 is 2.00 bits per heavy atom. The number of benzene rings is 1. The highest BCUT2D eigenvalue weighted by molar-refractivity contribution is 7.84. The second-order valence-electron chi connectivity index (χ2n) is 5.83. The van der Waals surface area contributed by atoms with Gasteiger partial charge in [-0.1, -0.05) is 0 Å². The quantitative estimate of drug-likeness (QED) is 0.814. The Labute approximate surface area is 115 Å². The monoisotopic (exact) mass is 287 g/mol. The zero-order chi connectivity index (χ0) is 14.2. The summed E-state index contributed by atoms with van der Waals surface area (Å²) in [7, 11) is -1.21. The van der Waals surface area contributed by atoms with Gasteiger partial charge in [0.1, 0.15) is 22.6 Å². The average molecular weight is 287 g/mol. The molecule has 1 aliphatic heterocycles. The molecule has 1 fully saturated rings. The van der Waals surface area contributed by atoms with Gasteiger partial charge in [0.05, 0.1) is 10.8 Å². The van der Waals surface area contributed by atoms with Crippen LogP contribution in [-0.4, -0.2) is 19.8 Å². The molecule has 1 saturated heterocycles. The highest BCUT2D eigenvalue weighted by Gasteiger charge is 2.36. The number of halogens is 2. The Kier molecular flexibility index (Phi) is 4.06. The van der Waals surface area contributed by atoms with Crippen LogP contribution < -0.4 is 0 Å². The van der Waals surface area contributed by atoms with Crippen molar-refractivity contribution < 1.29 is 13.0 Å². The summed E-state index contributed by atoms with van der Waals surface area (Å²) in [6, 6.07) is 3.17. The largest absolute Gasteiger partial charge is 0.242 e. The molecule has 0 N–H and O–H groups in total. The van der Waals surface area contributed by atoms with E-state index in [9.17, 15) is 13.0 Å². The van der Waals surface area contributed by atoms with Crippen LogP contribution in [0.2, 0.25) is 0 Å². The molecule has 0 aliphatic carbocycles. The predicted octanol–water partition coefficient (Wildman–Crippen LogP) is 3.56. The lowest BCUT2D eigenvalue weighted by atomic mass is 10.0. The molecule has 0 amide bonds. The summed E-state index contributed by atoms with van der Waals surface area (Å²) in [5, 5.41) is 0. The van der Waals surface area contributed by atoms with Crippen molar-refractivity contribution in [2.75, 3.05) is 6.54 Å². The third-order valence-electron chi connectivity index (χ3n) is 3.26. The summed E-state index contributed by atoms with van der Waals surface area (Å²) in [4.78, 5) is 0. The van der Waals surface area contributed by atoms with Gasteiger partial charge in [0, 0.05) is 12.1 Å². The van der Waals surface area contributed by atoms with Crippen LogP contribution in [0.4, 0.5) is 8.78 Å². The van der Waals surface area contributed by atoms with Gasteiger partial charge in [-0.15, -0.1) is 0 Å². The Hall–Kier alpha value is -0.810. The van der Waals surface area contributed by atoms with Crippen LogP contribution in [0.5, 0.6) is 0 Å². The van der Waals surface area contributed by atoms with E-state index in [1.165, 1.54) is 6.07 Å². The number of hydrogen-bond donors (Lipinski definition) is 0. The lowest BCUT2D eigenvalue weighted by molar-refractivity contribution is 0.401. The fourth-order valence-corrected chi connectivity index (χ4v) is 3.82. The van der Waals surface area contributed by atoms with Crippen molar-refractivity contribution in [2.45, 2.75) is 44.4 Å². The van der Waals surface area contributed by atoms with Gasteiger partial charge in [0.2, 0.25) is 0 Å². The van der Waals surface area contributed by atoms with Crippen LogP contribution in [0.25, 0.3) is 0 Å². The maximum Gasteiger partial charge on any atom is 0.128 e. The molecule has 2 atom stereocenters. The van der Waals surface area contributed by atoms with E-state index < -0.39 is 27.4 Å². The van der Waals surface area contributed by atoms with Crippen molar-refractivity contribution in [3.8, 4) is 0 Å². The van der Waals surface area contributed by atoms with Crippen LogP contribution >= 0.6 is 0 Å². The van der Waals surface area contributed by atoms with E-state index in [1.807, 2.05) is 20.8 Å². The minimum Gasteiger partial charge on any atom is -0.242 e. The van der Waals surface area contributed by atoms with Crippen molar-refractivity contribution in [1.29, 1.82) is 0 Å². The summed E-state index contributed by atoms with van der Waals surface area (Å²) in [6.45, 7) is 6.33. The van der Waals surface area contributed by atoms with E-state index in [4.69, 9.17) is 0 Å². The topological polar surface area (TPSA) is 20.3 Å². The second-order valence-corrected chi connectivity index (χ2v) is 8.02. The highest BCUT2D eigenvalue weighted by Crippen LogP contribution is 2.37. The maximum atomic E-state index is 13.9. The minimum atomic E-state index is -1.21. The summed E-state index contributed by atoms with van der Waals surface area (Å²) in [5.74, 6) is -0.881. The number of rotatable bonds is 2. The normalized spacial score (nSPS) is 22.7. The molecular weight excluding hydrogens is 268 g/mol. The Morgan fingerprint density at radius 1 is 1.32 bits per heavy atom. The molecule has 5 heteroatoms. The third kappa shape index (κ3) is 3.03. The summed E-state index contributed by atoms with van der Waals surface area (Å²) >= 11 is 0. The van der Waals surface area contributed by atoms with Crippen LogP contribution in [0.15, 0.2) is 18.2 Å². The molecule has 2 rings (SSSR count). The van der Waals surface area contributed by atoms with E-state index in [0.717, 1.165) is 18.6 Å². The first-order valence-corrected chi connectivity index (χ1v) is 7.55. The molecule has 19 heavy (non-hydrogen) atoms. The molecule has 1 heterocycles. The molecule has 0 bridgehead atoms. The van der Waals surface area contributed by atoms with Crippen LogP contribution in [0.1, 0.15) is 45.2 Å². The molecule has 1 aromatic rings. The van der Waals surface area contributed by atoms with Gasteiger partial charge in [-0.05, 0) is 51.8 Å². The van der Waals surface area contributed by atoms with E-state index in [2.05, 4.69) is 0 Å². The minimum absolute atomic E-state index is 0.296. The maximum absolute atomic E-state index is 13.9. The summed E-state index contributed by atoms with van der Waals surface area (Å²) in [6.07, 6.45) is 1.56. The fourth-order valence-electron chi connectivity index (χ4n) is 2.37. The van der Waals surface area contributed by atoms with Gasteiger partial charge in [-0.3, -0.25) is 0 Å². The number of nitrogens with zero attached hydrogens (tertiary/aromatic N) is 1. The van der Waals surface area contributed by atoms with E-state index in [1.54, 1.807) is 4.31 Å². The molecule has 106 valence electrons. The first kappa shape index (κ1) is 14.6. The molecule has 0 aromatic heterocycles. The van der Waals surface area contributed by atoms with Gasteiger partial charge in [0.25, 0.3) is 0 Å². The van der Waals surface area contributed by atoms with Gasteiger partial charge in [0.15, 0.2) is 0 Å². The molecule has 1 aliphatic rings. The van der Waals surface area contributed by atoms with Crippen LogP contribution in [0, 0.1) is 11.6 Å². The van der Waals surface area contributed by atoms with Crippen molar-refractivity contribution in [3.63, 3.8) is 0 Å². The SMILES string of the molecule is CC(C)(C)[S@](=O)N1CCCC1c1cc(F)ccc1F. The van der Waals surface area contributed by atoms with E-state index in [0.29, 0.717) is 18.5 Å². The van der Waals surface area contributed by atoms with Gasteiger partial charge in [-0.25, -0.2) is 17.3 Å². The molecule has 0 spiro atoms. The molecule has 2 nitrogen and oxygen atoms in total. The summed E-state index contributed by atoms with van der Waals surface area (Å²) < 4.78 is 41.0. The Balaban J connectivity index is 2.33. The first-order valence-electron chi connectivity index (χ1n) is 6.44. The Morgan fingerprint density at radius 3 is 2.63 bits per heavy atom. The van der Waals surface area contributed by atoms with Gasteiger partial charge < -0.3 is 0 Å². The molecule has 1 unspecified atom stereocenters. The number of hydrogen-bond acceptors (Lipinski definition) is 1. The lowest BCUT2D eigenvalue weighted by Gasteiger charge is -2.30. The van der Waals surface area contributed by atoms with Crippen LogP contribution in [0.3, 0.4) is 0 Å². The van der Waals surface area contributed by atoms with Crippen molar-refractivity contribution >= 4 is 11.0 Å². The molecule has 1 aromatic carbocycles. The van der Waals surface area contributed by atoms with E-state index >= 15 is 0 Å². The molecule has 0 radical (unpaired) electrons. The lowest BCUT2D eigenvalue weighted by Crippen LogP contribution is -2.37. The first-order chi connectivity index (χ1) is 8.80. The molecule has 0 saturated carbocycles. The van der Waals surface area contributed by atoms with Crippen LogP contribution in [-0.2, 0) is 11.0 Å². The van der Waals surface area contributed by atoms with Crippen molar-refractivity contribution in [1.82, 2.24) is 4.31 Å².